The fourth-order valence-electron chi connectivity index (χ4n) is 1.80. The van der Waals surface area contributed by atoms with Crippen LogP contribution in [0.2, 0.25) is 0 Å². The molecule has 13 heavy (non-hydrogen) atoms. The topological polar surface area (TPSA) is 40.5 Å². The van der Waals surface area contributed by atoms with Gasteiger partial charge in [0.15, 0.2) is 0 Å². The first-order valence-corrected chi connectivity index (χ1v) is 4.75. The van der Waals surface area contributed by atoms with Crippen LogP contribution in [0.5, 0.6) is 0 Å². The third-order valence-corrected chi connectivity index (χ3v) is 2.32. The van der Waals surface area contributed by atoms with Gasteiger partial charge >= 0.3 is 0 Å². The molecule has 74 valence electrons. The summed E-state index contributed by atoms with van der Waals surface area (Å²) < 4.78 is 0. The summed E-state index contributed by atoms with van der Waals surface area (Å²) >= 11 is 0. The summed E-state index contributed by atoms with van der Waals surface area (Å²) in [5, 5.41) is 8.63. The summed E-state index contributed by atoms with van der Waals surface area (Å²) in [7, 11) is 0. The number of carbonyl (C=O) groups is 1. The molecule has 1 saturated heterocycles. The van der Waals surface area contributed by atoms with Gasteiger partial charge in [0.2, 0.25) is 5.91 Å². The lowest BCUT2D eigenvalue weighted by Crippen LogP contribution is -2.37. The van der Waals surface area contributed by atoms with Crippen LogP contribution in [0.3, 0.4) is 0 Å². The largest absolute Gasteiger partial charge is 0.392 e. The first-order valence-electron chi connectivity index (χ1n) is 4.75. The van der Waals surface area contributed by atoms with E-state index < -0.39 is 0 Å². The van der Waals surface area contributed by atoms with Gasteiger partial charge in [0.05, 0.1) is 12.6 Å². The van der Waals surface area contributed by atoms with E-state index in [1.807, 2.05) is 24.8 Å². The van der Waals surface area contributed by atoms with E-state index >= 15 is 0 Å². The zero-order chi connectivity index (χ0) is 9.84. The van der Waals surface area contributed by atoms with Crippen LogP contribution in [0.1, 0.15) is 26.7 Å². The maximum Gasteiger partial charge on any atom is 0.223 e. The SMILES string of the molecule is CC(C)N1C(=O)CCC1C=CCO. The molecule has 1 aliphatic rings. The summed E-state index contributed by atoms with van der Waals surface area (Å²) in [5.74, 6) is 0.225. The molecule has 1 heterocycles. The number of hydrogen-bond acceptors (Lipinski definition) is 2. The highest BCUT2D eigenvalue weighted by Gasteiger charge is 2.30. The summed E-state index contributed by atoms with van der Waals surface area (Å²) in [4.78, 5) is 13.3. The van der Waals surface area contributed by atoms with Crippen molar-refractivity contribution in [1.82, 2.24) is 4.90 Å². The van der Waals surface area contributed by atoms with Gasteiger partial charge in [-0.15, -0.1) is 0 Å². The molecule has 0 aromatic rings. The predicted octanol–water partition coefficient (Wildman–Crippen LogP) is 0.934. The molecule has 1 fully saturated rings. The molecular formula is C10H17NO2. The molecule has 0 saturated carbocycles. The van der Waals surface area contributed by atoms with Crippen molar-refractivity contribution >= 4 is 5.91 Å². The van der Waals surface area contributed by atoms with Crippen LogP contribution in [0.15, 0.2) is 12.2 Å². The van der Waals surface area contributed by atoms with Crippen molar-refractivity contribution in [2.45, 2.75) is 38.8 Å². The third kappa shape index (κ3) is 2.31. The number of amides is 1. The molecule has 0 spiro atoms. The molecular weight excluding hydrogens is 166 g/mol. The van der Waals surface area contributed by atoms with Crippen LogP contribution in [0.4, 0.5) is 0 Å². The first kappa shape index (κ1) is 10.3. The first-order chi connectivity index (χ1) is 6.16. The number of hydrogen-bond donors (Lipinski definition) is 1. The van der Waals surface area contributed by atoms with Crippen LogP contribution >= 0.6 is 0 Å². The molecule has 3 nitrogen and oxygen atoms in total. The van der Waals surface area contributed by atoms with Gasteiger partial charge in [-0.2, -0.15) is 0 Å². The Kier molecular flexibility index (Phi) is 3.48. The van der Waals surface area contributed by atoms with Gasteiger partial charge in [-0.1, -0.05) is 12.2 Å². The van der Waals surface area contributed by atoms with E-state index in [2.05, 4.69) is 0 Å². The van der Waals surface area contributed by atoms with E-state index in [1.165, 1.54) is 0 Å². The quantitative estimate of drug-likeness (QED) is 0.661. The van der Waals surface area contributed by atoms with Crippen LogP contribution in [0.25, 0.3) is 0 Å². The number of rotatable bonds is 3. The Labute approximate surface area is 79.0 Å². The van der Waals surface area contributed by atoms with Crippen LogP contribution in [0, 0.1) is 0 Å². The van der Waals surface area contributed by atoms with Gasteiger partial charge in [0.1, 0.15) is 0 Å². The highest BCUT2D eigenvalue weighted by atomic mass is 16.2. The monoisotopic (exact) mass is 183 g/mol. The molecule has 0 aromatic carbocycles. The Morgan fingerprint density at radius 3 is 2.92 bits per heavy atom. The Bertz CT molecular complexity index is 211. The Morgan fingerprint density at radius 1 is 1.69 bits per heavy atom. The van der Waals surface area contributed by atoms with E-state index in [9.17, 15) is 4.79 Å². The fourth-order valence-corrected chi connectivity index (χ4v) is 1.80. The highest BCUT2D eigenvalue weighted by Crippen LogP contribution is 2.22. The molecule has 0 bridgehead atoms. The van der Waals surface area contributed by atoms with Gasteiger partial charge < -0.3 is 10.0 Å². The van der Waals surface area contributed by atoms with Crippen LogP contribution in [-0.4, -0.2) is 34.6 Å². The average molecular weight is 183 g/mol. The number of nitrogens with zero attached hydrogens (tertiary/aromatic N) is 1. The zero-order valence-corrected chi connectivity index (χ0v) is 8.23. The predicted molar refractivity (Wildman–Crippen MR) is 51.2 cm³/mol. The van der Waals surface area contributed by atoms with Crippen molar-refractivity contribution < 1.29 is 9.90 Å². The lowest BCUT2D eigenvalue weighted by molar-refractivity contribution is -0.129. The van der Waals surface area contributed by atoms with E-state index in [-0.39, 0.29) is 24.6 Å². The smallest absolute Gasteiger partial charge is 0.223 e. The Morgan fingerprint density at radius 2 is 2.38 bits per heavy atom. The van der Waals surface area contributed by atoms with Gasteiger partial charge in [0.25, 0.3) is 0 Å². The normalized spacial score (nSPS) is 23.8. The van der Waals surface area contributed by atoms with E-state index in [0.29, 0.717) is 6.42 Å². The molecule has 0 aromatic heterocycles. The second kappa shape index (κ2) is 4.42. The summed E-state index contributed by atoms with van der Waals surface area (Å²) in [6.07, 6.45) is 5.15. The van der Waals surface area contributed by atoms with Gasteiger partial charge in [-0.3, -0.25) is 4.79 Å². The summed E-state index contributed by atoms with van der Waals surface area (Å²) in [5.41, 5.74) is 0. The maximum atomic E-state index is 11.4. The summed E-state index contributed by atoms with van der Waals surface area (Å²) in [6.45, 7) is 4.09. The van der Waals surface area contributed by atoms with Gasteiger partial charge in [0, 0.05) is 12.5 Å². The molecule has 0 radical (unpaired) electrons. The van der Waals surface area contributed by atoms with Crippen LogP contribution < -0.4 is 0 Å². The van der Waals surface area contributed by atoms with E-state index in [1.54, 1.807) is 6.08 Å². The lowest BCUT2D eigenvalue weighted by Gasteiger charge is -2.26. The highest BCUT2D eigenvalue weighted by molar-refractivity contribution is 5.79. The number of carbonyl (C=O) groups excluding carboxylic acids is 1. The maximum absolute atomic E-state index is 11.4. The van der Waals surface area contributed by atoms with Crippen molar-refractivity contribution in [2.24, 2.45) is 0 Å². The minimum atomic E-state index is 0.0522. The molecule has 1 rings (SSSR count). The zero-order valence-electron chi connectivity index (χ0n) is 8.23. The lowest BCUT2D eigenvalue weighted by atomic mass is 10.2. The number of aliphatic hydroxyl groups excluding tert-OH is 1. The molecule has 1 amide bonds. The number of aliphatic hydroxyl groups is 1. The van der Waals surface area contributed by atoms with Gasteiger partial charge in [-0.05, 0) is 20.3 Å². The van der Waals surface area contributed by atoms with Gasteiger partial charge in [-0.25, -0.2) is 0 Å². The molecule has 1 N–H and O–H groups in total. The number of likely N-dealkylation sites (tertiary alicyclic amines) is 1. The minimum absolute atomic E-state index is 0.0522. The summed E-state index contributed by atoms with van der Waals surface area (Å²) in [6, 6.07) is 0.447. The Balaban J connectivity index is 2.64. The minimum Gasteiger partial charge on any atom is -0.392 e. The van der Waals surface area contributed by atoms with Crippen molar-refractivity contribution in [1.29, 1.82) is 0 Å². The van der Waals surface area contributed by atoms with Crippen molar-refractivity contribution in [3.05, 3.63) is 12.2 Å². The van der Waals surface area contributed by atoms with Crippen molar-refractivity contribution in [3.63, 3.8) is 0 Å². The fraction of sp³-hybridized carbons (Fsp3) is 0.700. The molecule has 1 atom stereocenters. The molecule has 0 aliphatic carbocycles. The second-order valence-corrected chi connectivity index (χ2v) is 3.61. The standard InChI is InChI=1S/C10H17NO2/c1-8(2)11-9(4-3-7-12)5-6-10(11)13/h3-4,8-9,12H,5-7H2,1-2H3. The molecule has 1 aliphatic heterocycles. The van der Waals surface area contributed by atoms with Crippen molar-refractivity contribution in [2.75, 3.05) is 6.61 Å². The molecule has 3 heteroatoms. The average Bonchev–Trinajstić information content (AvgIpc) is 2.43. The molecule has 1 unspecified atom stereocenters. The van der Waals surface area contributed by atoms with E-state index in [0.717, 1.165) is 6.42 Å². The van der Waals surface area contributed by atoms with Crippen molar-refractivity contribution in [3.8, 4) is 0 Å². The van der Waals surface area contributed by atoms with E-state index in [4.69, 9.17) is 5.11 Å². The Hall–Kier alpha value is -0.830. The third-order valence-electron chi connectivity index (χ3n) is 2.32. The van der Waals surface area contributed by atoms with Crippen LogP contribution in [-0.2, 0) is 4.79 Å². The second-order valence-electron chi connectivity index (χ2n) is 3.61.